The zero-order chi connectivity index (χ0) is 17.2. The van der Waals surface area contributed by atoms with Crippen LogP contribution in [0.2, 0.25) is 0 Å². The normalized spacial score (nSPS) is 26.1. The van der Waals surface area contributed by atoms with Crippen LogP contribution in [-0.4, -0.2) is 40.4 Å². The number of rotatable bonds is 6. The number of nitrogens with one attached hydrogen (secondary N) is 1. The summed E-state index contributed by atoms with van der Waals surface area (Å²) in [7, 11) is 0. The van der Waals surface area contributed by atoms with Crippen molar-refractivity contribution in [2.24, 2.45) is 0 Å². The van der Waals surface area contributed by atoms with Crippen molar-refractivity contribution in [2.45, 2.75) is 69.9 Å². The Bertz CT molecular complexity index is 725. The van der Waals surface area contributed by atoms with Crippen molar-refractivity contribution < 1.29 is 9.84 Å². The van der Waals surface area contributed by atoms with Gasteiger partial charge in [-0.3, -0.25) is 0 Å². The van der Waals surface area contributed by atoms with Gasteiger partial charge in [0.2, 0.25) is 5.88 Å². The number of thiophene rings is 1. The zero-order valence-corrected chi connectivity index (χ0v) is 15.6. The van der Waals surface area contributed by atoms with Crippen molar-refractivity contribution >= 4 is 21.6 Å². The summed E-state index contributed by atoms with van der Waals surface area (Å²) < 4.78 is 6.37. The number of hydrogen-bond acceptors (Lipinski definition) is 6. The van der Waals surface area contributed by atoms with Crippen LogP contribution in [0.15, 0.2) is 6.33 Å². The van der Waals surface area contributed by atoms with Crippen LogP contribution in [0.4, 0.5) is 0 Å². The monoisotopic (exact) mass is 361 g/mol. The molecule has 2 heterocycles. The van der Waals surface area contributed by atoms with Gasteiger partial charge in [-0.2, -0.15) is 0 Å². The summed E-state index contributed by atoms with van der Waals surface area (Å²) in [6.07, 6.45) is 9.42. The highest BCUT2D eigenvalue weighted by atomic mass is 32.1. The summed E-state index contributed by atoms with van der Waals surface area (Å²) in [5.74, 6) is 1.19. The first-order chi connectivity index (χ1) is 12.3. The number of fused-ring (bicyclic) bond motifs is 3. The fourth-order valence-electron chi connectivity index (χ4n) is 4.41. The molecule has 1 saturated carbocycles. The topological polar surface area (TPSA) is 67.3 Å². The molecule has 2 aliphatic rings. The minimum absolute atomic E-state index is 0.236. The Hall–Kier alpha value is -1.24. The van der Waals surface area contributed by atoms with Crippen molar-refractivity contribution in [1.29, 1.82) is 0 Å². The lowest BCUT2D eigenvalue weighted by molar-refractivity contribution is 0.136. The van der Waals surface area contributed by atoms with E-state index in [0.717, 1.165) is 54.7 Å². The average molecular weight is 362 g/mol. The van der Waals surface area contributed by atoms with E-state index in [0.29, 0.717) is 12.0 Å². The van der Waals surface area contributed by atoms with Crippen molar-refractivity contribution in [2.75, 3.05) is 13.2 Å². The predicted octanol–water partition coefficient (Wildman–Crippen LogP) is 3.40. The number of hydrogen-bond donors (Lipinski definition) is 2. The predicted molar refractivity (Wildman–Crippen MR) is 101 cm³/mol. The zero-order valence-electron chi connectivity index (χ0n) is 14.8. The van der Waals surface area contributed by atoms with Crippen molar-refractivity contribution in [1.82, 2.24) is 15.3 Å². The summed E-state index contributed by atoms with van der Waals surface area (Å²) in [6, 6.07) is 0.634. The van der Waals surface area contributed by atoms with E-state index in [4.69, 9.17) is 4.74 Å². The van der Waals surface area contributed by atoms with Gasteiger partial charge in [-0.15, -0.1) is 11.3 Å². The molecule has 2 N–H and O–H groups in total. The van der Waals surface area contributed by atoms with Gasteiger partial charge >= 0.3 is 0 Å². The minimum Gasteiger partial charge on any atom is -0.474 e. The van der Waals surface area contributed by atoms with Gasteiger partial charge in [0.05, 0.1) is 5.39 Å². The van der Waals surface area contributed by atoms with E-state index in [1.54, 1.807) is 17.7 Å². The fourth-order valence-corrected chi connectivity index (χ4v) is 5.64. The highest BCUT2D eigenvalue weighted by Crippen LogP contribution is 2.47. The van der Waals surface area contributed by atoms with Gasteiger partial charge in [0, 0.05) is 17.5 Å². The average Bonchev–Trinajstić information content (AvgIpc) is 3.17. The van der Waals surface area contributed by atoms with Crippen molar-refractivity contribution in [3.63, 3.8) is 0 Å². The maximum Gasteiger partial charge on any atom is 0.225 e. The first-order valence-corrected chi connectivity index (χ1v) is 10.4. The molecule has 25 heavy (non-hydrogen) atoms. The Balaban J connectivity index is 1.56. The van der Waals surface area contributed by atoms with E-state index in [1.165, 1.54) is 23.3 Å². The van der Waals surface area contributed by atoms with Crippen LogP contribution in [0.3, 0.4) is 0 Å². The molecule has 5 nitrogen and oxygen atoms in total. The molecule has 0 spiro atoms. The third-order valence-corrected chi connectivity index (χ3v) is 6.79. The summed E-state index contributed by atoms with van der Waals surface area (Å²) in [5.41, 5.74) is 1.35. The molecule has 0 saturated heterocycles. The Morgan fingerprint density at radius 1 is 1.24 bits per heavy atom. The Kier molecular flexibility index (Phi) is 5.20. The lowest BCUT2D eigenvalue weighted by Crippen LogP contribution is -2.36. The lowest BCUT2D eigenvalue weighted by atomic mass is 9.93. The van der Waals surface area contributed by atoms with Crippen molar-refractivity contribution in [3.8, 4) is 5.88 Å². The van der Waals surface area contributed by atoms with Crippen LogP contribution in [0, 0.1) is 0 Å². The van der Waals surface area contributed by atoms with E-state index in [9.17, 15) is 5.11 Å². The van der Waals surface area contributed by atoms with E-state index >= 15 is 0 Å². The van der Waals surface area contributed by atoms with E-state index in [1.807, 2.05) is 0 Å². The molecule has 2 aliphatic carbocycles. The van der Waals surface area contributed by atoms with Gasteiger partial charge in [0.25, 0.3) is 0 Å². The number of aliphatic hydroxyl groups excluding tert-OH is 1. The molecule has 0 radical (unpaired) electrons. The van der Waals surface area contributed by atoms with Gasteiger partial charge in [-0.1, -0.05) is 6.92 Å². The van der Waals surface area contributed by atoms with Crippen molar-refractivity contribution in [3.05, 3.63) is 16.8 Å². The number of aryl methyl sites for hydroxylation is 1. The summed E-state index contributed by atoms with van der Waals surface area (Å²) in [4.78, 5) is 11.4. The second kappa shape index (κ2) is 7.56. The Morgan fingerprint density at radius 3 is 2.84 bits per heavy atom. The maximum atomic E-state index is 9.40. The first-order valence-electron chi connectivity index (χ1n) is 9.57. The summed E-state index contributed by atoms with van der Waals surface area (Å²) >= 11 is 1.78. The van der Waals surface area contributed by atoms with Crippen LogP contribution < -0.4 is 10.1 Å². The third kappa shape index (κ3) is 3.39. The molecule has 1 atom stereocenters. The van der Waals surface area contributed by atoms with Crippen LogP contribution in [0.1, 0.15) is 61.8 Å². The highest BCUT2D eigenvalue weighted by molar-refractivity contribution is 7.19. The van der Waals surface area contributed by atoms with Gasteiger partial charge in [0.1, 0.15) is 17.3 Å². The van der Waals surface area contributed by atoms with Gasteiger partial charge in [0.15, 0.2) is 0 Å². The van der Waals surface area contributed by atoms with Crippen LogP contribution in [-0.2, 0) is 6.42 Å². The molecule has 0 amide bonds. The Morgan fingerprint density at radius 2 is 2.08 bits per heavy atom. The third-order valence-electron chi connectivity index (χ3n) is 5.62. The molecular formula is C19H27N3O2S. The smallest absolute Gasteiger partial charge is 0.225 e. The second-order valence-corrected chi connectivity index (χ2v) is 8.28. The number of aromatic nitrogens is 2. The summed E-state index contributed by atoms with van der Waals surface area (Å²) in [5, 5.41) is 14.1. The molecule has 1 unspecified atom stereocenters. The molecule has 2 aromatic heterocycles. The van der Waals surface area contributed by atoms with E-state index < -0.39 is 0 Å². The number of ether oxygens (including phenoxy) is 1. The van der Waals surface area contributed by atoms with Gasteiger partial charge in [-0.05, 0) is 63.0 Å². The van der Waals surface area contributed by atoms with Gasteiger partial charge in [-0.25, -0.2) is 9.97 Å². The van der Waals surface area contributed by atoms with Crippen LogP contribution in [0.5, 0.6) is 5.88 Å². The second-order valence-electron chi connectivity index (χ2n) is 7.19. The highest BCUT2D eigenvalue weighted by Gasteiger charge is 2.31. The maximum absolute atomic E-state index is 9.40. The largest absolute Gasteiger partial charge is 0.474 e. The number of nitrogens with zero attached hydrogens (tertiary/aromatic N) is 2. The lowest BCUT2D eigenvalue weighted by Gasteiger charge is -2.29. The molecular weight excluding hydrogens is 334 g/mol. The molecule has 0 aromatic carbocycles. The molecule has 6 heteroatoms. The quantitative estimate of drug-likeness (QED) is 0.825. The minimum atomic E-state index is 0.236. The molecule has 1 fully saturated rings. The standard InChI is InChI=1S/C19H27N3O2S/c1-2-20-13-4-6-14(7-5-13)24-18-17-16-12(9-10-23)3-8-15(16)25-19(17)22-11-21-18/h11-14,20,23H,2-10H2,1H3. The Labute approximate surface area is 152 Å². The van der Waals surface area contributed by atoms with E-state index in [-0.39, 0.29) is 12.7 Å². The molecule has 136 valence electrons. The first kappa shape index (κ1) is 17.2. The molecule has 2 aromatic rings. The van der Waals surface area contributed by atoms with Crippen LogP contribution >= 0.6 is 11.3 Å². The van der Waals surface area contributed by atoms with Crippen LogP contribution in [0.25, 0.3) is 10.2 Å². The van der Waals surface area contributed by atoms with Gasteiger partial charge < -0.3 is 15.2 Å². The molecule has 0 aliphatic heterocycles. The van der Waals surface area contributed by atoms with E-state index in [2.05, 4.69) is 22.2 Å². The fraction of sp³-hybridized carbons (Fsp3) is 0.684. The SMILES string of the molecule is CCNC1CCC(Oc2ncnc3sc4c(c23)C(CCO)CC4)CC1. The molecule has 4 rings (SSSR count). The molecule has 0 bridgehead atoms. The summed E-state index contributed by atoms with van der Waals surface area (Å²) in [6.45, 7) is 3.44. The number of aliphatic hydroxyl groups is 1.